The molecule has 11 heteroatoms. The van der Waals surface area contributed by atoms with Crippen LogP contribution < -0.4 is 24.4 Å². The molecule has 11 nitrogen and oxygen atoms in total. The Morgan fingerprint density at radius 3 is 2.42 bits per heavy atom. The summed E-state index contributed by atoms with van der Waals surface area (Å²) in [6.45, 7) is 2.58. The molecule has 4 amide bonds. The average molecular weight is 546 g/mol. The van der Waals surface area contributed by atoms with E-state index in [4.69, 9.17) is 14.2 Å². The highest BCUT2D eigenvalue weighted by Crippen LogP contribution is 2.30. The van der Waals surface area contributed by atoms with Crippen LogP contribution in [-0.4, -0.2) is 36.5 Å². The summed E-state index contributed by atoms with van der Waals surface area (Å²) in [5, 5.41) is 13.3. The third-order valence-electron chi connectivity index (χ3n) is 6.00. The van der Waals surface area contributed by atoms with Crippen LogP contribution in [0.1, 0.15) is 30.9 Å². The number of nitro groups is 1. The minimum Gasteiger partial charge on any atom is -0.497 e. The van der Waals surface area contributed by atoms with Crippen molar-refractivity contribution in [2.45, 2.75) is 26.4 Å². The summed E-state index contributed by atoms with van der Waals surface area (Å²) in [6.07, 6.45) is 3.20. The number of benzene rings is 3. The van der Waals surface area contributed by atoms with Crippen LogP contribution in [-0.2, 0) is 16.2 Å². The van der Waals surface area contributed by atoms with Crippen molar-refractivity contribution in [3.05, 3.63) is 93.5 Å². The van der Waals surface area contributed by atoms with Crippen LogP contribution in [0.2, 0.25) is 0 Å². The van der Waals surface area contributed by atoms with Crippen LogP contribution in [0.3, 0.4) is 0 Å². The van der Waals surface area contributed by atoms with Gasteiger partial charge >= 0.3 is 6.03 Å². The summed E-state index contributed by atoms with van der Waals surface area (Å²) >= 11 is 0. The number of carbonyl (C=O) groups is 3. The standard InChI is InChI=1S/C29H27N3O8/c1-3-4-14-39-23-12-9-21(10-13-23)31-28(34)25(27(33)30-29(31)35)16-20-8-11-24(38-2)17-26(20)40-18-19-6-5-7-22(15-19)32(36)37/h5-13,15-17H,3-4,14,18H2,1-2H3,(H,30,33,35)/b25-16-. The van der Waals surface area contributed by atoms with Crippen molar-refractivity contribution < 1.29 is 33.5 Å². The van der Waals surface area contributed by atoms with Gasteiger partial charge in [0, 0.05) is 23.8 Å². The molecule has 0 aromatic heterocycles. The second-order valence-electron chi connectivity index (χ2n) is 8.77. The quantitative estimate of drug-likeness (QED) is 0.116. The molecule has 3 aromatic rings. The van der Waals surface area contributed by atoms with Crippen LogP contribution >= 0.6 is 0 Å². The van der Waals surface area contributed by atoms with E-state index in [1.165, 1.54) is 25.3 Å². The van der Waals surface area contributed by atoms with E-state index in [1.807, 2.05) is 0 Å². The predicted octanol–water partition coefficient (Wildman–Crippen LogP) is 5.03. The summed E-state index contributed by atoms with van der Waals surface area (Å²) < 4.78 is 16.8. The SMILES string of the molecule is CCCCOc1ccc(N2C(=O)NC(=O)/C(=C/c3ccc(OC)cc3OCc3cccc([N+](=O)[O-])c3)C2=O)cc1. The van der Waals surface area contributed by atoms with Gasteiger partial charge < -0.3 is 14.2 Å². The largest absolute Gasteiger partial charge is 0.497 e. The fourth-order valence-corrected chi connectivity index (χ4v) is 3.88. The Kier molecular flexibility index (Phi) is 8.75. The minimum atomic E-state index is -0.872. The van der Waals surface area contributed by atoms with Crippen molar-refractivity contribution in [2.24, 2.45) is 0 Å². The molecule has 1 N–H and O–H groups in total. The number of unbranched alkanes of at least 4 members (excludes halogenated alkanes) is 1. The fourth-order valence-electron chi connectivity index (χ4n) is 3.88. The molecule has 0 spiro atoms. The zero-order valence-electron chi connectivity index (χ0n) is 21.9. The molecule has 1 saturated heterocycles. The first-order chi connectivity index (χ1) is 19.3. The number of nitrogens with zero attached hydrogens (tertiary/aromatic N) is 2. The molecule has 1 aliphatic heterocycles. The lowest BCUT2D eigenvalue weighted by Crippen LogP contribution is -2.54. The van der Waals surface area contributed by atoms with Crippen LogP contribution in [0.5, 0.6) is 17.2 Å². The Balaban J connectivity index is 1.61. The van der Waals surface area contributed by atoms with E-state index in [-0.39, 0.29) is 29.3 Å². The highest BCUT2D eigenvalue weighted by molar-refractivity contribution is 6.39. The van der Waals surface area contributed by atoms with Gasteiger partial charge in [-0.1, -0.05) is 25.5 Å². The maximum absolute atomic E-state index is 13.4. The molecule has 0 radical (unpaired) electrons. The van der Waals surface area contributed by atoms with E-state index in [1.54, 1.807) is 54.6 Å². The molecule has 4 rings (SSSR count). The zero-order chi connectivity index (χ0) is 28.6. The summed E-state index contributed by atoms with van der Waals surface area (Å²) in [5.74, 6) is -0.359. The lowest BCUT2D eigenvalue weighted by Gasteiger charge is -2.26. The number of hydrogen-bond acceptors (Lipinski definition) is 8. The van der Waals surface area contributed by atoms with Gasteiger partial charge in [0.25, 0.3) is 17.5 Å². The molecule has 0 aliphatic carbocycles. The zero-order valence-corrected chi connectivity index (χ0v) is 21.9. The average Bonchev–Trinajstić information content (AvgIpc) is 2.95. The molecular formula is C29H27N3O8. The number of carbonyl (C=O) groups excluding carboxylic acids is 3. The summed E-state index contributed by atoms with van der Waals surface area (Å²) in [6, 6.07) is 16.3. The number of non-ortho nitro benzene ring substituents is 1. The first-order valence-corrected chi connectivity index (χ1v) is 12.5. The predicted molar refractivity (Wildman–Crippen MR) is 146 cm³/mol. The van der Waals surface area contributed by atoms with Crippen LogP contribution in [0, 0.1) is 10.1 Å². The lowest BCUT2D eigenvalue weighted by atomic mass is 10.1. The van der Waals surface area contributed by atoms with E-state index in [2.05, 4.69) is 12.2 Å². The molecule has 1 aliphatic rings. The van der Waals surface area contributed by atoms with Gasteiger partial charge in [0.2, 0.25) is 0 Å². The van der Waals surface area contributed by atoms with Gasteiger partial charge in [-0.05, 0) is 54.5 Å². The first-order valence-electron chi connectivity index (χ1n) is 12.5. The number of amides is 4. The number of urea groups is 1. The smallest absolute Gasteiger partial charge is 0.335 e. The highest BCUT2D eigenvalue weighted by Gasteiger charge is 2.37. The second kappa shape index (κ2) is 12.6. The Hall–Kier alpha value is -5.19. The maximum Gasteiger partial charge on any atom is 0.335 e. The number of nitro benzene ring substituents is 1. The lowest BCUT2D eigenvalue weighted by molar-refractivity contribution is -0.384. The topological polar surface area (TPSA) is 137 Å². The molecule has 1 fully saturated rings. The van der Waals surface area contributed by atoms with E-state index in [0.29, 0.717) is 29.2 Å². The first kappa shape index (κ1) is 27.8. The molecule has 0 saturated carbocycles. The Morgan fingerprint density at radius 1 is 0.975 bits per heavy atom. The van der Waals surface area contributed by atoms with Crippen LogP contribution in [0.15, 0.2) is 72.3 Å². The van der Waals surface area contributed by atoms with E-state index < -0.39 is 22.8 Å². The summed E-state index contributed by atoms with van der Waals surface area (Å²) in [7, 11) is 1.47. The molecule has 206 valence electrons. The van der Waals surface area contributed by atoms with Crippen LogP contribution in [0.4, 0.5) is 16.2 Å². The monoisotopic (exact) mass is 545 g/mol. The molecule has 0 unspecified atom stereocenters. The normalized spacial score (nSPS) is 14.2. The minimum absolute atomic E-state index is 0.0253. The molecule has 0 bridgehead atoms. The van der Waals surface area contributed by atoms with Gasteiger partial charge in [0.1, 0.15) is 29.4 Å². The van der Waals surface area contributed by atoms with Gasteiger partial charge in [0.15, 0.2) is 0 Å². The molecule has 0 atom stereocenters. The number of nitrogens with one attached hydrogen (secondary N) is 1. The molecule has 1 heterocycles. The van der Waals surface area contributed by atoms with Crippen LogP contribution in [0.25, 0.3) is 6.08 Å². The second-order valence-corrected chi connectivity index (χ2v) is 8.77. The number of methoxy groups -OCH3 is 1. The van der Waals surface area contributed by atoms with Crippen molar-refractivity contribution >= 4 is 35.3 Å². The van der Waals surface area contributed by atoms with Gasteiger partial charge in [-0.25, -0.2) is 9.69 Å². The maximum atomic E-state index is 13.4. The number of rotatable bonds is 11. The van der Waals surface area contributed by atoms with Gasteiger partial charge in [-0.3, -0.25) is 25.0 Å². The van der Waals surface area contributed by atoms with Gasteiger partial charge in [-0.2, -0.15) is 0 Å². The Morgan fingerprint density at radius 2 is 1.73 bits per heavy atom. The van der Waals surface area contributed by atoms with Crippen molar-refractivity contribution in [1.82, 2.24) is 5.32 Å². The van der Waals surface area contributed by atoms with Gasteiger partial charge in [0.05, 0.1) is 24.3 Å². The van der Waals surface area contributed by atoms with Crippen molar-refractivity contribution in [1.29, 1.82) is 0 Å². The number of imide groups is 2. The number of anilines is 1. The molecule has 40 heavy (non-hydrogen) atoms. The Labute approximate surface area is 230 Å². The molecule has 3 aromatic carbocycles. The third kappa shape index (κ3) is 6.44. The summed E-state index contributed by atoms with van der Waals surface area (Å²) in [5.41, 5.74) is 0.803. The van der Waals surface area contributed by atoms with Gasteiger partial charge in [-0.15, -0.1) is 0 Å². The highest BCUT2D eigenvalue weighted by atomic mass is 16.6. The number of barbiturate groups is 1. The summed E-state index contributed by atoms with van der Waals surface area (Å²) in [4.78, 5) is 50.2. The Bertz CT molecular complexity index is 1470. The fraction of sp³-hybridized carbons (Fsp3) is 0.207. The van der Waals surface area contributed by atoms with Crippen molar-refractivity contribution in [2.75, 3.05) is 18.6 Å². The third-order valence-corrected chi connectivity index (χ3v) is 6.00. The van der Waals surface area contributed by atoms with E-state index in [0.717, 1.165) is 17.7 Å². The molecular weight excluding hydrogens is 518 g/mol. The number of ether oxygens (including phenoxy) is 3. The van der Waals surface area contributed by atoms with E-state index in [9.17, 15) is 24.5 Å². The van der Waals surface area contributed by atoms with Crippen molar-refractivity contribution in [3.8, 4) is 17.2 Å². The number of hydrogen-bond donors (Lipinski definition) is 1. The van der Waals surface area contributed by atoms with Crippen molar-refractivity contribution in [3.63, 3.8) is 0 Å². The van der Waals surface area contributed by atoms with E-state index >= 15 is 0 Å².